The summed E-state index contributed by atoms with van der Waals surface area (Å²) >= 11 is 0. The third-order valence-electron chi connectivity index (χ3n) is 8.73. The summed E-state index contributed by atoms with van der Waals surface area (Å²) in [6, 6.07) is 12.4. The van der Waals surface area contributed by atoms with Crippen LogP contribution in [0.1, 0.15) is 120 Å². The third kappa shape index (κ3) is 9.05. The average molecular weight is 559 g/mol. The average Bonchev–Trinajstić information content (AvgIpc) is 2.88. The summed E-state index contributed by atoms with van der Waals surface area (Å²) in [4.78, 5) is 50.7. The van der Waals surface area contributed by atoms with E-state index in [0.717, 1.165) is 71.9 Å². The van der Waals surface area contributed by atoms with Gasteiger partial charge in [0.25, 0.3) is 0 Å². The standard InChI is InChI=1S/C37H50O4/c1-8-10-29(31(9-2)34(40)19-25(4)38)20-27-22-33-32(16-11-24(3)36(33)35(41)23-27)28-14-12-26(13-15-28)21-30(39)17-18-37(5,6)7/h11-16,27,29,31H,8-10,17-23H2,1-7H3. The Morgan fingerprint density at radius 2 is 1.66 bits per heavy atom. The summed E-state index contributed by atoms with van der Waals surface area (Å²) in [6.07, 6.45) is 6.70. The van der Waals surface area contributed by atoms with E-state index in [-0.39, 0.29) is 52.7 Å². The number of benzene rings is 2. The smallest absolute Gasteiger partial charge is 0.163 e. The van der Waals surface area contributed by atoms with Crippen molar-refractivity contribution in [3.63, 3.8) is 0 Å². The van der Waals surface area contributed by atoms with E-state index in [0.29, 0.717) is 19.3 Å². The topological polar surface area (TPSA) is 68.3 Å². The van der Waals surface area contributed by atoms with Crippen LogP contribution in [0.2, 0.25) is 0 Å². The molecule has 0 spiro atoms. The monoisotopic (exact) mass is 558 g/mol. The van der Waals surface area contributed by atoms with E-state index in [9.17, 15) is 19.2 Å². The molecule has 3 rings (SSSR count). The zero-order valence-electron chi connectivity index (χ0n) is 26.4. The fourth-order valence-corrected chi connectivity index (χ4v) is 6.64. The summed E-state index contributed by atoms with van der Waals surface area (Å²) in [6.45, 7) is 14.2. The van der Waals surface area contributed by atoms with Gasteiger partial charge in [0.05, 0.1) is 6.42 Å². The van der Waals surface area contributed by atoms with Crippen molar-refractivity contribution >= 4 is 23.1 Å². The Bertz CT molecular complexity index is 1240. The Balaban J connectivity index is 1.83. The van der Waals surface area contributed by atoms with E-state index in [1.54, 1.807) is 0 Å². The summed E-state index contributed by atoms with van der Waals surface area (Å²) in [5.41, 5.74) is 6.30. The van der Waals surface area contributed by atoms with E-state index < -0.39 is 0 Å². The van der Waals surface area contributed by atoms with Gasteiger partial charge in [-0.2, -0.15) is 0 Å². The predicted molar refractivity (Wildman–Crippen MR) is 167 cm³/mol. The molecule has 2 aromatic rings. The zero-order chi connectivity index (χ0) is 30.3. The Kier molecular flexibility index (Phi) is 11.4. The summed E-state index contributed by atoms with van der Waals surface area (Å²) in [5, 5.41) is 0. The van der Waals surface area contributed by atoms with Gasteiger partial charge in [0.2, 0.25) is 0 Å². The minimum Gasteiger partial charge on any atom is -0.300 e. The van der Waals surface area contributed by atoms with Crippen LogP contribution in [0.25, 0.3) is 11.1 Å². The first kappa shape index (κ1) is 32.6. The van der Waals surface area contributed by atoms with Crippen molar-refractivity contribution in [1.82, 2.24) is 0 Å². The Morgan fingerprint density at radius 3 is 2.24 bits per heavy atom. The van der Waals surface area contributed by atoms with E-state index in [4.69, 9.17) is 0 Å². The van der Waals surface area contributed by atoms with Crippen molar-refractivity contribution in [3.05, 3.63) is 58.7 Å². The summed E-state index contributed by atoms with van der Waals surface area (Å²) in [7, 11) is 0. The van der Waals surface area contributed by atoms with Gasteiger partial charge in [-0.3, -0.25) is 19.2 Å². The Hall–Kier alpha value is -2.88. The fraction of sp³-hybridized carbons (Fsp3) is 0.568. The highest BCUT2D eigenvalue weighted by atomic mass is 16.1. The number of rotatable bonds is 14. The first-order chi connectivity index (χ1) is 19.3. The van der Waals surface area contributed by atoms with Gasteiger partial charge < -0.3 is 0 Å². The van der Waals surface area contributed by atoms with Crippen molar-refractivity contribution in [2.75, 3.05) is 0 Å². The molecule has 0 N–H and O–H groups in total. The molecule has 1 aliphatic rings. The second kappa shape index (κ2) is 14.3. The third-order valence-corrected chi connectivity index (χ3v) is 8.73. The van der Waals surface area contributed by atoms with Crippen molar-refractivity contribution < 1.29 is 19.2 Å². The number of hydrogen-bond donors (Lipinski definition) is 0. The molecule has 3 unspecified atom stereocenters. The molecule has 0 saturated carbocycles. The van der Waals surface area contributed by atoms with Crippen LogP contribution in [0, 0.1) is 30.1 Å². The van der Waals surface area contributed by atoms with Crippen molar-refractivity contribution in [2.45, 2.75) is 113 Å². The molecule has 0 radical (unpaired) electrons. The van der Waals surface area contributed by atoms with Crippen molar-refractivity contribution in [3.8, 4) is 11.1 Å². The molecule has 0 amide bonds. The van der Waals surface area contributed by atoms with Gasteiger partial charge in [-0.15, -0.1) is 0 Å². The van der Waals surface area contributed by atoms with Gasteiger partial charge in [-0.05, 0) is 84.6 Å². The van der Waals surface area contributed by atoms with Gasteiger partial charge in [-0.1, -0.05) is 83.9 Å². The molecule has 3 atom stereocenters. The van der Waals surface area contributed by atoms with Crippen LogP contribution in [-0.2, 0) is 27.2 Å². The molecule has 4 heteroatoms. The molecular formula is C37H50O4. The highest BCUT2D eigenvalue weighted by molar-refractivity contribution is 6.02. The lowest BCUT2D eigenvalue weighted by atomic mass is 9.71. The molecule has 0 fully saturated rings. The molecule has 4 nitrogen and oxygen atoms in total. The fourth-order valence-electron chi connectivity index (χ4n) is 6.64. The van der Waals surface area contributed by atoms with Gasteiger partial charge in [0.1, 0.15) is 17.3 Å². The van der Waals surface area contributed by atoms with Crippen LogP contribution in [0.15, 0.2) is 36.4 Å². The summed E-state index contributed by atoms with van der Waals surface area (Å²) in [5.74, 6) is 0.648. The first-order valence-electron chi connectivity index (χ1n) is 15.6. The number of fused-ring (bicyclic) bond motifs is 1. The van der Waals surface area contributed by atoms with Gasteiger partial charge in [0, 0.05) is 30.7 Å². The highest BCUT2D eigenvalue weighted by Gasteiger charge is 2.34. The molecule has 2 aromatic carbocycles. The van der Waals surface area contributed by atoms with Crippen LogP contribution >= 0.6 is 0 Å². The quantitative estimate of drug-likeness (QED) is 0.217. The van der Waals surface area contributed by atoms with Crippen LogP contribution < -0.4 is 0 Å². The van der Waals surface area contributed by atoms with Gasteiger partial charge in [0.15, 0.2) is 5.78 Å². The van der Waals surface area contributed by atoms with Crippen molar-refractivity contribution in [1.29, 1.82) is 0 Å². The van der Waals surface area contributed by atoms with E-state index >= 15 is 0 Å². The number of hydrogen-bond acceptors (Lipinski definition) is 4. The minimum atomic E-state index is -0.133. The molecule has 0 aliphatic heterocycles. The Morgan fingerprint density at radius 1 is 0.976 bits per heavy atom. The SMILES string of the molecule is CCCC(CC1CC(=O)c2c(C)ccc(-c3ccc(CC(=O)CCC(C)(C)C)cc3)c2C1)C(CC)C(=O)CC(C)=O. The van der Waals surface area contributed by atoms with Gasteiger partial charge >= 0.3 is 0 Å². The van der Waals surface area contributed by atoms with Crippen LogP contribution in [0.5, 0.6) is 0 Å². The molecule has 0 bridgehead atoms. The molecule has 222 valence electrons. The van der Waals surface area contributed by atoms with Crippen LogP contribution in [0.3, 0.4) is 0 Å². The lowest BCUT2D eigenvalue weighted by Gasteiger charge is -2.32. The summed E-state index contributed by atoms with van der Waals surface area (Å²) < 4.78 is 0. The second-order valence-electron chi connectivity index (χ2n) is 13.6. The number of Topliss-reactive ketones (excluding diaryl/α,β-unsaturated/α-hetero) is 4. The lowest BCUT2D eigenvalue weighted by molar-refractivity contribution is -0.130. The largest absolute Gasteiger partial charge is 0.300 e. The maximum Gasteiger partial charge on any atom is 0.163 e. The van der Waals surface area contributed by atoms with Crippen LogP contribution in [-0.4, -0.2) is 23.1 Å². The zero-order valence-corrected chi connectivity index (χ0v) is 26.4. The Labute approximate surface area is 247 Å². The van der Waals surface area contributed by atoms with E-state index in [2.05, 4.69) is 45.9 Å². The van der Waals surface area contributed by atoms with E-state index in [1.165, 1.54) is 6.92 Å². The number of carbonyl (C=O) groups is 4. The molecule has 0 aromatic heterocycles. The van der Waals surface area contributed by atoms with Gasteiger partial charge in [-0.25, -0.2) is 0 Å². The second-order valence-corrected chi connectivity index (χ2v) is 13.6. The molecule has 1 aliphatic carbocycles. The van der Waals surface area contributed by atoms with E-state index in [1.807, 2.05) is 32.0 Å². The molecular weight excluding hydrogens is 508 g/mol. The number of carbonyl (C=O) groups excluding carboxylic acids is 4. The molecule has 0 saturated heterocycles. The molecule has 0 heterocycles. The minimum absolute atomic E-state index is 0.00662. The maximum atomic E-state index is 13.5. The number of ketones is 4. The maximum absolute atomic E-state index is 13.5. The lowest BCUT2D eigenvalue weighted by Crippen LogP contribution is -2.30. The highest BCUT2D eigenvalue weighted by Crippen LogP contribution is 2.40. The number of aryl methyl sites for hydroxylation is 1. The normalized spacial score (nSPS) is 16.7. The van der Waals surface area contributed by atoms with Crippen molar-refractivity contribution in [2.24, 2.45) is 23.2 Å². The molecule has 41 heavy (non-hydrogen) atoms. The van der Waals surface area contributed by atoms with Crippen LogP contribution in [0.4, 0.5) is 0 Å². The first-order valence-corrected chi connectivity index (χ1v) is 15.6. The predicted octanol–water partition coefficient (Wildman–Crippen LogP) is 8.73.